The maximum absolute atomic E-state index is 6.19. The molecule has 1 aromatic rings. The van der Waals surface area contributed by atoms with E-state index in [9.17, 15) is 0 Å². The monoisotopic (exact) mass is 210 g/mol. The van der Waals surface area contributed by atoms with Crippen molar-refractivity contribution in [1.29, 1.82) is 0 Å². The van der Waals surface area contributed by atoms with Gasteiger partial charge in [0.15, 0.2) is 0 Å². The molecule has 0 radical (unpaired) electrons. The van der Waals surface area contributed by atoms with Crippen molar-refractivity contribution in [1.82, 2.24) is 4.90 Å². The van der Waals surface area contributed by atoms with E-state index < -0.39 is 0 Å². The minimum atomic E-state index is 0.307. The molecule has 0 bridgehead atoms. The first kappa shape index (κ1) is 10.1. The highest BCUT2D eigenvalue weighted by atomic mass is 32.1. The third-order valence-corrected chi connectivity index (χ3v) is 4.01. The highest BCUT2D eigenvalue weighted by Gasteiger charge is 2.28. The lowest BCUT2D eigenvalue weighted by Gasteiger charge is -2.37. The van der Waals surface area contributed by atoms with Crippen molar-refractivity contribution in [2.45, 2.75) is 31.8 Å². The van der Waals surface area contributed by atoms with Gasteiger partial charge in [0.05, 0.1) is 6.04 Å². The standard InChI is InChI=1S/C11H18N2S/c1-8-9(5-7-14-8)11-10(12)4-3-6-13(11)2/h5,7,10-11H,3-4,6,12H2,1-2H3. The predicted molar refractivity (Wildman–Crippen MR) is 61.6 cm³/mol. The molecule has 1 fully saturated rings. The van der Waals surface area contributed by atoms with Crippen LogP contribution in [-0.4, -0.2) is 24.5 Å². The lowest BCUT2D eigenvalue weighted by molar-refractivity contribution is 0.163. The molecule has 1 aliphatic heterocycles. The van der Waals surface area contributed by atoms with Gasteiger partial charge < -0.3 is 5.73 Å². The Morgan fingerprint density at radius 3 is 2.93 bits per heavy atom. The van der Waals surface area contributed by atoms with E-state index in [-0.39, 0.29) is 0 Å². The zero-order chi connectivity index (χ0) is 10.1. The molecule has 78 valence electrons. The van der Waals surface area contributed by atoms with Crippen molar-refractivity contribution in [3.63, 3.8) is 0 Å². The van der Waals surface area contributed by atoms with Gasteiger partial charge in [0.25, 0.3) is 0 Å². The maximum Gasteiger partial charge on any atom is 0.0507 e. The van der Waals surface area contributed by atoms with Gasteiger partial charge in [0.1, 0.15) is 0 Å². The molecule has 0 saturated carbocycles. The van der Waals surface area contributed by atoms with Crippen molar-refractivity contribution >= 4 is 11.3 Å². The molecule has 2 rings (SSSR count). The Morgan fingerprint density at radius 2 is 2.36 bits per heavy atom. The lowest BCUT2D eigenvalue weighted by Crippen LogP contribution is -2.43. The van der Waals surface area contributed by atoms with E-state index in [1.54, 1.807) is 0 Å². The minimum absolute atomic E-state index is 0.307. The summed E-state index contributed by atoms with van der Waals surface area (Å²) in [4.78, 5) is 3.81. The van der Waals surface area contributed by atoms with Crippen molar-refractivity contribution < 1.29 is 0 Å². The number of hydrogen-bond donors (Lipinski definition) is 1. The molecular formula is C11H18N2S. The van der Waals surface area contributed by atoms with Gasteiger partial charge in [-0.25, -0.2) is 0 Å². The van der Waals surface area contributed by atoms with Crippen LogP contribution in [-0.2, 0) is 0 Å². The average Bonchev–Trinajstić information content (AvgIpc) is 2.52. The van der Waals surface area contributed by atoms with Gasteiger partial charge >= 0.3 is 0 Å². The molecule has 2 atom stereocenters. The van der Waals surface area contributed by atoms with E-state index in [2.05, 4.69) is 30.3 Å². The van der Waals surface area contributed by atoms with E-state index in [0.29, 0.717) is 12.1 Å². The smallest absolute Gasteiger partial charge is 0.0507 e. The summed E-state index contributed by atoms with van der Waals surface area (Å²) in [5.74, 6) is 0. The zero-order valence-electron chi connectivity index (χ0n) is 8.86. The van der Waals surface area contributed by atoms with Crippen LogP contribution < -0.4 is 5.73 Å². The number of hydrogen-bond acceptors (Lipinski definition) is 3. The molecule has 1 aliphatic rings. The number of thiophene rings is 1. The fraction of sp³-hybridized carbons (Fsp3) is 0.636. The summed E-state index contributed by atoms with van der Waals surface area (Å²) in [6.45, 7) is 3.36. The first-order valence-electron chi connectivity index (χ1n) is 5.20. The van der Waals surface area contributed by atoms with Crippen molar-refractivity contribution in [3.05, 3.63) is 21.9 Å². The van der Waals surface area contributed by atoms with Gasteiger partial charge in [-0.15, -0.1) is 11.3 Å². The van der Waals surface area contributed by atoms with E-state index in [0.717, 1.165) is 6.42 Å². The number of aryl methyl sites for hydroxylation is 1. The van der Waals surface area contributed by atoms with E-state index in [1.807, 2.05) is 11.3 Å². The normalized spacial score (nSPS) is 29.4. The van der Waals surface area contributed by atoms with E-state index in [1.165, 1.54) is 23.4 Å². The fourth-order valence-corrected chi connectivity index (χ4v) is 3.11. The molecular weight excluding hydrogens is 192 g/mol. The van der Waals surface area contributed by atoms with Crippen molar-refractivity contribution in [3.8, 4) is 0 Å². The number of nitrogens with zero attached hydrogens (tertiary/aromatic N) is 1. The summed E-state index contributed by atoms with van der Waals surface area (Å²) < 4.78 is 0. The quantitative estimate of drug-likeness (QED) is 0.769. The topological polar surface area (TPSA) is 29.3 Å². The number of rotatable bonds is 1. The van der Waals surface area contributed by atoms with Gasteiger partial charge in [0.2, 0.25) is 0 Å². The van der Waals surface area contributed by atoms with Gasteiger partial charge in [-0.2, -0.15) is 0 Å². The molecule has 14 heavy (non-hydrogen) atoms. The third kappa shape index (κ3) is 1.72. The highest BCUT2D eigenvalue weighted by molar-refractivity contribution is 7.10. The predicted octanol–water partition coefficient (Wildman–Crippen LogP) is 2.15. The summed E-state index contributed by atoms with van der Waals surface area (Å²) in [6, 6.07) is 2.98. The summed E-state index contributed by atoms with van der Waals surface area (Å²) in [6.07, 6.45) is 2.39. The van der Waals surface area contributed by atoms with Gasteiger partial charge in [-0.05, 0) is 50.4 Å². The molecule has 2 unspecified atom stereocenters. The SMILES string of the molecule is Cc1sccc1C1C(N)CCCN1C. The zero-order valence-corrected chi connectivity index (χ0v) is 9.68. The van der Waals surface area contributed by atoms with Crippen LogP contribution in [0.1, 0.15) is 29.3 Å². The number of likely N-dealkylation sites (N-methyl/N-ethyl adjacent to an activating group) is 1. The molecule has 0 aromatic carbocycles. The molecule has 1 saturated heterocycles. The Kier molecular flexibility index (Phi) is 2.91. The third-order valence-electron chi connectivity index (χ3n) is 3.15. The number of likely N-dealkylation sites (tertiary alicyclic amines) is 1. The molecule has 1 aromatic heterocycles. The number of nitrogens with two attached hydrogens (primary N) is 1. The van der Waals surface area contributed by atoms with Crippen LogP contribution in [0.3, 0.4) is 0 Å². The van der Waals surface area contributed by atoms with Crippen molar-refractivity contribution in [2.75, 3.05) is 13.6 Å². The fourth-order valence-electron chi connectivity index (χ4n) is 2.37. The van der Waals surface area contributed by atoms with Gasteiger partial charge in [-0.1, -0.05) is 0 Å². The molecule has 0 amide bonds. The van der Waals surface area contributed by atoms with E-state index in [4.69, 9.17) is 5.73 Å². The summed E-state index contributed by atoms with van der Waals surface area (Å²) in [7, 11) is 2.18. The minimum Gasteiger partial charge on any atom is -0.326 e. The average molecular weight is 210 g/mol. The molecule has 3 heteroatoms. The van der Waals surface area contributed by atoms with Crippen molar-refractivity contribution in [2.24, 2.45) is 5.73 Å². The van der Waals surface area contributed by atoms with Gasteiger partial charge in [0, 0.05) is 10.9 Å². The van der Waals surface area contributed by atoms with Crippen LogP contribution >= 0.6 is 11.3 Å². The Hall–Kier alpha value is -0.380. The molecule has 0 spiro atoms. The van der Waals surface area contributed by atoms with Crippen LogP contribution in [0.25, 0.3) is 0 Å². The molecule has 2 heterocycles. The van der Waals surface area contributed by atoms with Crippen LogP contribution in [0.4, 0.5) is 0 Å². The lowest BCUT2D eigenvalue weighted by atomic mass is 9.92. The largest absolute Gasteiger partial charge is 0.326 e. The second-order valence-corrected chi connectivity index (χ2v) is 5.28. The maximum atomic E-state index is 6.19. The van der Waals surface area contributed by atoms with Gasteiger partial charge in [-0.3, -0.25) is 4.90 Å². The van der Waals surface area contributed by atoms with Crippen LogP contribution in [0.5, 0.6) is 0 Å². The Labute approximate surface area is 89.7 Å². The summed E-state index contributed by atoms with van der Waals surface area (Å²) >= 11 is 1.82. The second-order valence-electron chi connectivity index (χ2n) is 4.16. The van der Waals surface area contributed by atoms with Crippen LogP contribution in [0.15, 0.2) is 11.4 Å². The summed E-state index contributed by atoms with van der Waals surface area (Å²) in [5.41, 5.74) is 7.63. The Balaban J connectivity index is 2.26. The molecule has 2 N–H and O–H groups in total. The Bertz CT molecular complexity index is 298. The second kappa shape index (κ2) is 4.01. The highest BCUT2D eigenvalue weighted by Crippen LogP contribution is 2.32. The van der Waals surface area contributed by atoms with E-state index >= 15 is 0 Å². The summed E-state index contributed by atoms with van der Waals surface area (Å²) in [5, 5.41) is 2.17. The Morgan fingerprint density at radius 1 is 1.57 bits per heavy atom. The first-order valence-corrected chi connectivity index (χ1v) is 6.08. The molecule has 0 aliphatic carbocycles. The molecule has 2 nitrogen and oxygen atoms in total. The number of piperidine rings is 1. The van der Waals surface area contributed by atoms with Crippen LogP contribution in [0.2, 0.25) is 0 Å². The first-order chi connectivity index (χ1) is 6.70. The van der Waals surface area contributed by atoms with Crippen LogP contribution in [0, 0.1) is 6.92 Å².